The van der Waals surface area contributed by atoms with Crippen LogP contribution < -0.4 is 10.2 Å². The molecular formula is C20H14F2N2O. The molecule has 1 aliphatic heterocycles. The van der Waals surface area contributed by atoms with Crippen molar-refractivity contribution < 1.29 is 13.6 Å². The van der Waals surface area contributed by atoms with Crippen LogP contribution in [0.4, 0.5) is 20.2 Å². The second kappa shape index (κ2) is 6.02. The summed E-state index contributed by atoms with van der Waals surface area (Å²) in [5, 5.41) is 3.22. The first-order chi connectivity index (χ1) is 12.1. The summed E-state index contributed by atoms with van der Waals surface area (Å²) < 4.78 is 28.1. The van der Waals surface area contributed by atoms with Crippen molar-refractivity contribution >= 4 is 17.3 Å². The quantitative estimate of drug-likeness (QED) is 0.733. The van der Waals surface area contributed by atoms with Gasteiger partial charge < -0.3 is 5.32 Å². The molecule has 0 radical (unpaired) electrons. The summed E-state index contributed by atoms with van der Waals surface area (Å²) in [6.45, 7) is 0. The third-order valence-electron chi connectivity index (χ3n) is 4.20. The first-order valence-corrected chi connectivity index (χ1v) is 7.84. The smallest absolute Gasteiger partial charge is 0.262 e. The number of amides is 1. The molecule has 1 amide bonds. The van der Waals surface area contributed by atoms with Crippen molar-refractivity contribution in [3.8, 4) is 0 Å². The molecule has 1 heterocycles. The number of para-hydroxylation sites is 2. The number of carbonyl (C=O) groups is 1. The molecule has 0 saturated heterocycles. The van der Waals surface area contributed by atoms with E-state index in [2.05, 4.69) is 5.32 Å². The highest BCUT2D eigenvalue weighted by molar-refractivity contribution is 6.12. The highest BCUT2D eigenvalue weighted by Crippen LogP contribution is 2.37. The highest BCUT2D eigenvalue weighted by Gasteiger charge is 2.35. The number of nitrogens with zero attached hydrogens (tertiary/aromatic N) is 1. The number of anilines is 2. The first kappa shape index (κ1) is 15.3. The Kier molecular flexibility index (Phi) is 3.69. The Morgan fingerprint density at radius 2 is 1.64 bits per heavy atom. The molecule has 0 spiro atoms. The lowest BCUT2D eigenvalue weighted by molar-refractivity contribution is 0.0974. The van der Waals surface area contributed by atoms with Gasteiger partial charge in [0.25, 0.3) is 5.91 Å². The van der Waals surface area contributed by atoms with Crippen LogP contribution in [0.5, 0.6) is 0 Å². The molecule has 3 nitrogen and oxygen atoms in total. The van der Waals surface area contributed by atoms with Crippen LogP contribution in [0.1, 0.15) is 22.1 Å². The van der Waals surface area contributed by atoms with Gasteiger partial charge in [0.2, 0.25) is 0 Å². The monoisotopic (exact) mass is 336 g/mol. The largest absolute Gasteiger partial charge is 0.360 e. The van der Waals surface area contributed by atoms with E-state index < -0.39 is 17.8 Å². The van der Waals surface area contributed by atoms with E-state index in [0.717, 1.165) is 0 Å². The van der Waals surface area contributed by atoms with Gasteiger partial charge in [0.05, 0.1) is 11.3 Å². The second-order valence-corrected chi connectivity index (χ2v) is 5.77. The molecule has 1 aliphatic rings. The van der Waals surface area contributed by atoms with Crippen molar-refractivity contribution in [2.24, 2.45) is 0 Å². The van der Waals surface area contributed by atoms with Gasteiger partial charge in [-0.05, 0) is 42.0 Å². The molecule has 0 aromatic heterocycles. The lowest BCUT2D eigenvalue weighted by Gasteiger charge is -2.38. The van der Waals surface area contributed by atoms with Gasteiger partial charge in [-0.15, -0.1) is 0 Å². The number of hydrogen-bond donors (Lipinski definition) is 1. The van der Waals surface area contributed by atoms with E-state index in [0.29, 0.717) is 16.8 Å². The van der Waals surface area contributed by atoms with E-state index >= 15 is 0 Å². The lowest BCUT2D eigenvalue weighted by Crippen LogP contribution is -2.43. The van der Waals surface area contributed by atoms with Gasteiger partial charge in [-0.3, -0.25) is 9.69 Å². The Morgan fingerprint density at radius 3 is 2.44 bits per heavy atom. The highest BCUT2D eigenvalue weighted by atomic mass is 19.1. The predicted molar refractivity (Wildman–Crippen MR) is 92.4 cm³/mol. The molecule has 5 heteroatoms. The van der Waals surface area contributed by atoms with Crippen LogP contribution in [0, 0.1) is 11.6 Å². The number of hydrogen-bond acceptors (Lipinski definition) is 2. The normalized spacial score (nSPS) is 16.3. The maximum Gasteiger partial charge on any atom is 0.262 e. The van der Waals surface area contributed by atoms with Gasteiger partial charge in [-0.1, -0.05) is 36.4 Å². The van der Waals surface area contributed by atoms with E-state index in [9.17, 15) is 13.6 Å². The zero-order valence-electron chi connectivity index (χ0n) is 13.1. The summed E-state index contributed by atoms with van der Waals surface area (Å²) in [6.07, 6.45) is -0.713. The van der Waals surface area contributed by atoms with Crippen molar-refractivity contribution in [2.75, 3.05) is 10.2 Å². The Balaban J connectivity index is 1.90. The Hall–Kier alpha value is -3.21. The number of halogens is 2. The van der Waals surface area contributed by atoms with Crippen LogP contribution in [-0.4, -0.2) is 5.91 Å². The van der Waals surface area contributed by atoms with Crippen LogP contribution in [0.15, 0.2) is 72.8 Å². The number of fused-ring (bicyclic) bond motifs is 1. The van der Waals surface area contributed by atoms with Crippen molar-refractivity contribution in [3.63, 3.8) is 0 Å². The molecule has 0 fully saturated rings. The first-order valence-electron chi connectivity index (χ1n) is 7.84. The minimum Gasteiger partial charge on any atom is -0.360 e. The van der Waals surface area contributed by atoms with E-state index in [1.54, 1.807) is 48.5 Å². The molecule has 0 saturated carbocycles. The average Bonchev–Trinajstić information content (AvgIpc) is 2.63. The molecule has 3 aromatic rings. The molecule has 1 atom stereocenters. The fourth-order valence-corrected chi connectivity index (χ4v) is 3.06. The van der Waals surface area contributed by atoms with E-state index in [1.165, 1.54) is 29.2 Å². The van der Waals surface area contributed by atoms with Crippen molar-refractivity contribution in [1.82, 2.24) is 0 Å². The third-order valence-corrected chi connectivity index (χ3v) is 4.20. The molecule has 124 valence electrons. The summed E-state index contributed by atoms with van der Waals surface area (Å²) in [5.74, 6) is -1.27. The molecule has 1 unspecified atom stereocenters. The summed E-state index contributed by atoms with van der Waals surface area (Å²) >= 11 is 0. The van der Waals surface area contributed by atoms with Crippen LogP contribution in [0.25, 0.3) is 0 Å². The molecular weight excluding hydrogens is 322 g/mol. The van der Waals surface area contributed by atoms with Crippen LogP contribution in [0.3, 0.4) is 0 Å². The molecule has 25 heavy (non-hydrogen) atoms. The van der Waals surface area contributed by atoms with Gasteiger partial charge in [-0.25, -0.2) is 8.78 Å². The minimum atomic E-state index is -0.713. The van der Waals surface area contributed by atoms with E-state index in [1.807, 2.05) is 0 Å². The summed E-state index contributed by atoms with van der Waals surface area (Å²) in [4.78, 5) is 14.4. The second-order valence-electron chi connectivity index (χ2n) is 5.77. The zero-order chi connectivity index (χ0) is 17.4. The number of nitrogens with one attached hydrogen (secondary N) is 1. The van der Waals surface area contributed by atoms with Gasteiger partial charge in [-0.2, -0.15) is 0 Å². The van der Waals surface area contributed by atoms with Crippen molar-refractivity contribution in [2.45, 2.75) is 6.17 Å². The van der Waals surface area contributed by atoms with E-state index in [4.69, 9.17) is 0 Å². The number of rotatable bonds is 2. The summed E-state index contributed by atoms with van der Waals surface area (Å²) in [6, 6.07) is 19.0. The van der Waals surface area contributed by atoms with Gasteiger partial charge in [0.1, 0.15) is 17.8 Å². The predicted octanol–water partition coefficient (Wildman–Crippen LogP) is 4.74. The summed E-state index contributed by atoms with van der Waals surface area (Å²) in [7, 11) is 0. The molecule has 4 rings (SSSR count). The molecule has 3 aromatic carbocycles. The number of benzene rings is 3. The zero-order valence-corrected chi connectivity index (χ0v) is 13.1. The van der Waals surface area contributed by atoms with Crippen molar-refractivity contribution in [1.29, 1.82) is 0 Å². The van der Waals surface area contributed by atoms with Crippen molar-refractivity contribution in [3.05, 3.63) is 95.6 Å². The van der Waals surface area contributed by atoms with Crippen LogP contribution >= 0.6 is 0 Å². The Bertz CT molecular complexity index is 958. The molecule has 0 aliphatic carbocycles. The maximum atomic E-state index is 14.4. The molecule has 1 N–H and O–H groups in total. The standard InChI is InChI=1S/C20H14F2N2O/c21-14-7-5-6-13(12-14)19-23-17-10-3-1-8-15(17)20(25)24(19)18-11-4-2-9-16(18)22/h1-12,19,23H. The minimum absolute atomic E-state index is 0.142. The maximum absolute atomic E-state index is 14.4. The van der Waals surface area contributed by atoms with Gasteiger partial charge in [0.15, 0.2) is 0 Å². The SMILES string of the molecule is O=C1c2ccccc2NC(c2cccc(F)c2)N1c1ccccc1F. The van der Waals surface area contributed by atoms with Gasteiger partial charge in [0, 0.05) is 5.69 Å². The third kappa shape index (κ3) is 2.63. The fraction of sp³-hybridized carbons (Fsp3) is 0.0500. The van der Waals surface area contributed by atoms with E-state index in [-0.39, 0.29) is 11.6 Å². The van der Waals surface area contributed by atoms with Crippen LogP contribution in [0.2, 0.25) is 0 Å². The Morgan fingerprint density at radius 1 is 0.880 bits per heavy atom. The average molecular weight is 336 g/mol. The number of carbonyl (C=O) groups excluding carboxylic acids is 1. The van der Waals surface area contributed by atoms with Gasteiger partial charge >= 0.3 is 0 Å². The topological polar surface area (TPSA) is 32.3 Å². The summed E-state index contributed by atoms with van der Waals surface area (Å²) in [5.41, 5.74) is 1.75. The molecule has 0 bridgehead atoms. The Labute approximate surface area is 143 Å². The lowest BCUT2D eigenvalue weighted by atomic mass is 10.0. The van der Waals surface area contributed by atoms with Crippen LogP contribution in [-0.2, 0) is 0 Å². The fourth-order valence-electron chi connectivity index (χ4n) is 3.06.